The second-order valence-electron chi connectivity index (χ2n) is 12.4. The zero-order valence-electron chi connectivity index (χ0n) is 23.9. The summed E-state index contributed by atoms with van der Waals surface area (Å²) >= 11 is 1.88. The van der Waals surface area contributed by atoms with E-state index in [4.69, 9.17) is 9.97 Å². The first-order valence-electron chi connectivity index (χ1n) is 15.2. The van der Waals surface area contributed by atoms with Crippen molar-refractivity contribution in [3.63, 3.8) is 0 Å². The molecular weight excluding hydrogens is 557 g/mol. The summed E-state index contributed by atoms with van der Waals surface area (Å²) in [5, 5.41) is 7.74. The average Bonchev–Trinajstić information content (AvgIpc) is 3.77. The zero-order valence-corrected chi connectivity index (χ0v) is 24.7. The SMILES string of the molecule is CC12CC=c3c(n(-c4ccc5c(c4)sc4ccccc45)c4ccccc34)=C1c1cccc3c4nc5ccccc5nc4n2c13. The van der Waals surface area contributed by atoms with E-state index in [0.29, 0.717) is 0 Å². The van der Waals surface area contributed by atoms with Gasteiger partial charge < -0.3 is 9.13 Å². The van der Waals surface area contributed by atoms with Gasteiger partial charge in [0.2, 0.25) is 0 Å². The second kappa shape index (κ2) is 7.81. The number of hydrogen-bond acceptors (Lipinski definition) is 3. The van der Waals surface area contributed by atoms with Crippen molar-refractivity contribution in [2.75, 3.05) is 0 Å². The van der Waals surface area contributed by atoms with Crippen LogP contribution >= 0.6 is 11.3 Å². The molecule has 0 bridgehead atoms. The smallest absolute Gasteiger partial charge is 0.161 e. The maximum absolute atomic E-state index is 5.26. The standard InChI is InChI=1S/C39H24N4S/c1-39-20-19-26-23-9-2-6-15-31(23)42(22-17-18-25-24-10-3-7-16-32(24)44-33(25)21-22)37(26)34(39)27-11-8-12-28-35-38(43(39)36(27)28)41-30-14-5-4-13-29(30)40-35/h2-19,21H,20H2,1H3. The van der Waals surface area contributed by atoms with Crippen LogP contribution in [0.15, 0.2) is 109 Å². The molecule has 9 aromatic rings. The molecule has 5 heteroatoms. The van der Waals surface area contributed by atoms with Crippen LogP contribution in [0.2, 0.25) is 0 Å². The van der Waals surface area contributed by atoms with Crippen LogP contribution in [-0.2, 0) is 5.54 Å². The number of rotatable bonds is 1. The van der Waals surface area contributed by atoms with Crippen molar-refractivity contribution in [3.05, 3.63) is 125 Å². The first-order valence-corrected chi connectivity index (χ1v) is 16.0. The Morgan fingerprint density at radius 2 is 1.45 bits per heavy atom. The Balaban J connectivity index is 1.31. The van der Waals surface area contributed by atoms with Gasteiger partial charge in [0.05, 0.1) is 33.0 Å². The Kier molecular flexibility index (Phi) is 4.13. The van der Waals surface area contributed by atoms with Crippen LogP contribution < -0.4 is 10.6 Å². The molecule has 0 N–H and O–H groups in total. The van der Waals surface area contributed by atoms with Gasteiger partial charge in [-0.05, 0) is 49.7 Å². The molecule has 11 rings (SSSR count). The quantitative estimate of drug-likeness (QED) is 0.196. The van der Waals surface area contributed by atoms with Crippen molar-refractivity contribution in [2.45, 2.75) is 18.9 Å². The van der Waals surface area contributed by atoms with Crippen molar-refractivity contribution in [1.82, 2.24) is 19.1 Å². The van der Waals surface area contributed by atoms with E-state index >= 15 is 0 Å². The summed E-state index contributed by atoms with van der Waals surface area (Å²) in [7, 11) is 0. The number of benzene rings is 5. The molecule has 1 atom stereocenters. The molecule has 206 valence electrons. The van der Waals surface area contributed by atoms with Crippen molar-refractivity contribution in [3.8, 4) is 5.69 Å². The Hall–Kier alpha value is -5.26. The summed E-state index contributed by atoms with van der Waals surface area (Å²) in [5.74, 6) is 0. The van der Waals surface area contributed by atoms with Crippen LogP contribution in [0.3, 0.4) is 0 Å². The number of para-hydroxylation sites is 4. The van der Waals surface area contributed by atoms with Crippen LogP contribution in [0.5, 0.6) is 0 Å². The second-order valence-corrected chi connectivity index (χ2v) is 13.5. The van der Waals surface area contributed by atoms with Gasteiger partial charge in [-0.25, -0.2) is 9.97 Å². The molecule has 44 heavy (non-hydrogen) atoms. The van der Waals surface area contributed by atoms with E-state index in [-0.39, 0.29) is 5.54 Å². The van der Waals surface area contributed by atoms with E-state index in [1.807, 2.05) is 23.5 Å². The van der Waals surface area contributed by atoms with Gasteiger partial charge in [-0.15, -0.1) is 11.3 Å². The number of nitrogens with zero attached hydrogens (tertiary/aromatic N) is 4. The van der Waals surface area contributed by atoms with E-state index in [1.165, 1.54) is 69.4 Å². The van der Waals surface area contributed by atoms with Crippen molar-refractivity contribution in [2.24, 2.45) is 0 Å². The molecular formula is C39H24N4S. The number of aromatic nitrogens is 4. The van der Waals surface area contributed by atoms with Gasteiger partial charge >= 0.3 is 0 Å². The normalized spacial score (nSPS) is 17.3. The van der Waals surface area contributed by atoms with E-state index in [1.54, 1.807) is 0 Å². The highest BCUT2D eigenvalue weighted by Crippen LogP contribution is 2.50. The molecule has 0 radical (unpaired) electrons. The fourth-order valence-electron chi connectivity index (χ4n) is 8.21. The number of fused-ring (bicyclic) bond motifs is 13. The van der Waals surface area contributed by atoms with E-state index < -0.39 is 0 Å². The lowest BCUT2D eigenvalue weighted by atomic mass is 9.82. The third-order valence-electron chi connectivity index (χ3n) is 10.1. The minimum Gasteiger partial charge on any atom is -0.313 e. The van der Waals surface area contributed by atoms with E-state index in [9.17, 15) is 0 Å². The van der Waals surface area contributed by atoms with E-state index in [0.717, 1.165) is 28.6 Å². The molecule has 0 saturated carbocycles. The first kappa shape index (κ1) is 23.2. The molecule has 0 fully saturated rings. The minimum absolute atomic E-state index is 0.304. The fraction of sp³-hybridized carbons (Fsp3) is 0.0769. The lowest BCUT2D eigenvalue weighted by Gasteiger charge is -2.31. The van der Waals surface area contributed by atoms with Gasteiger partial charge in [0.25, 0.3) is 0 Å². The Bertz CT molecular complexity index is 2880. The molecule has 2 aliphatic rings. The molecule has 4 nitrogen and oxygen atoms in total. The van der Waals surface area contributed by atoms with Crippen LogP contribution in [-0.4, -0.2) is 19.1 Å². The third-order valence-corrected chi connectivity index (χ3v) is 11.2. The topological polar surface area (TPSA) is 35.6 Å². The molecule has 1 aliphatic carbocycles. The summed E-state index contributed by atoms with van der Waals surface area (Å²) in [4.78, 5) is 10.4. The lowest BCUT2D eigenvalue weighted by molar-refractivity contribution is 0.474. The van der Waals surface area contributed by atoms with Crippen LogP contribution in [0, 0.1) is 0 Å². The molecule has 0 amide bonds. The van der Waals surface area contributed by atoms with Crippen LogP contribution in [0.25, 0.3) is 81.5 Å². The van der Waals surface area contributed by atoms with Gasteiger partial charge in [0, 0.05) is 53.0 Å². The van der Waals surface area contributed by atoms with Gasteiger partial charge in [0.1, 0.15) is 5.52 Å². The van der Waals surface area contributed by atoms with Crippen molar-refractivity contribution in [1.29, 1.82) is 0 Å². The maximum atomic E-state index is 5.26. The van der Waals surface area contributed by atoms with Gasteiger partial charge in [0.15, 0.2) is 5.65 Å². The summed E-state index contributed by atoms with van der Waals surface area (Å²) in [6.07, 6.45) is 3.36. The van der Waals surface area contributed by atoms with Gasteiger partial charge in [-0.1, -0.05) is 78.9 Å². The summed E-state index contributed by atoms with van der Waals surface area (Å²) in [5.41, 5.74) is 9.87. The number of hydrogen-bond donors (Lipinski definition) is 0. The summed E-state index contributed by atoms with van der Waals surface area (Å²) in [6, 6.07) is 39.6. The van der Waals surface area contributed by atoms with Crippen LogP contribution in [0.4, 0.5) is 0 Å². The largest absolute Gasteiger partial charge is 0.313 e. The zero-order chi connectivity index (χ0) is 28.7. The van der Waals surface area contributed by atoms with Crippen molar-refractivity contribution >= 4 is 87.2 Å². The molecule has 1 aliphatic heterocycles. The third kappa shape index (κ3) is 2.66. The lowest BCUT2D eigenvalue weighted by Crippen LogP contribution is -2.42. The Morgan fingerprint density at radius 1 is 0.705 bits per heavy atom. The highest BCUT2D eigenvalue weighted by atomic mass is 32.1. The maximum Gasteiger partial charge on any atom is 0.161 e. The van der Waals surface area contributed by atoms with E-state index in [2.05, 4.69) is 119 Å². The average molecular weight is 581 g/mol. The molecule has 1 unspecified atom stereocenters. The molecule has 5 aromatic carbocycles. The first-order chi connectivity index (χ1) is 21.7. The Labute approximate surface area is 255 Å². The molecule has 0 saturated heterocycles. The highest BCUT2D eigenvalue weighted by Gasteiger charge is 2.44. The Morgan fingerprint density at radius 3 is 2.36 bits per heavy atom. The van der Waals surface area contributed by atoms with Crippen molar-refractivity contribution < 1.29 is 0 Å². The predicted molar refractivity (Wildman–Crippen MR) is 183 cm³/mol. The monoisotopic (exact) mass is 580 g/mol. The number of thiophene rings is 1. The summed E-state index contributed by atoms with van der Waals surface area (Å²) in [6.45, 7) is 2.40. The van der Waals surface area contributed by atoms with Gasteiger partial charge in [-0.2, -0.15) is 0 Å². The molecule has 4 aromatic heterocycles. The highest BCUT2D eigenvalue weighted by molar-refractivity contribution is 7.25. The predicted octanol–water partition coefficient (Wildman–Crippen LogP) is 8.16. The minimum atomic E-state index is -0.304. The molecule has 5 heterocycles. The summed E-state index contributed by atoms with van der Waals surface area (Å²) < 4.78 is 7.66. The molecule has 0 spiro atoms. The fourth-order valence-corrected chi connectivity index (χ4v) is 9.35. The van der Waals surface area contributed by atoms with Gasteiger partial charge in [-0.3, -0.25) is 0 Å². The van der Waals surface area contributed by atoms with Crippen LogP contribution in [0.1, 0.15) is 18.9 Å².